The maximum atomic E-state index is 13.5. The molecule has 19 heavy (non-hydrogen) atoms. The molecule has 104 valence electrons. The Balaban J connectivity index is 2.09. The lowest BCUT2D eigenvalue weighted by Gasteiger charge is -2.35. The molecule has 0 radical (unpaired) electrons. The van der Waals surface area contributed by atoms with Gasteiger partial charge in [0.25, 0.3) is 0 Å². The zero-order chi connectivity index (χ0) is 14.0. The SMILES string of the molecule is NC(=O)C1(N)CCCC(Oc2ccc(F)cc2F)C1. The maximum absolute atomic E-state index is 13.5. The van der Waals surface area contributed by atoms with Crippen LogP contribution in [0.2, 0.25) is 0 Å². The molecule has 0 saturated heterocycles. The summed E-state index contributed by atoms with van der Waals surface area (Å²) in [7, 11) is 0. The van der Waals surface area contributed by atoms with Crippen molar-refractivity contribution < 1.29 is 18.3 Å². The highest BCUT2D eigenvalue weighted by Crippen LogP contribution is 2.30. The molecule has 6 heteroatoms. The van der Waals surface area contributed by atoms with Crippen molar-refractivity contribution in [2.75, 3.05) is 0 Å². The molecule has 4 nitrogen and oxygen atoms in total. The lowest BCUT2D eigenvalue weighted by Crippen LogP contribution is -2.56. The van der Waals surface area contributed by atoms with Crippen LogP contribution in [0.1, 0.15) is 25.7 Å². The summed E-state index contributed by atoms with van der Waals surface area (Å²) in [5.74, 6) is -2.06. The van der Waals surface area contributed by atoms with E-state index in [4.69, 9.17) is 16.2 Å². The van der Waals surface area contributed by atoms with E-state index in [1.165, 1.54) is 6.07 Å². The van der Waals surface area contributed by atoms with Gasteiger partial charge in [0.1, 0.15) is 11.9 Å². The highest BCUT2D eigenvalue weighted by atomic mass is 19.1. The van der Waals surface area contributed by atoms with Gasteiger partial charge in [0, 0.05) is 12.5 Å². The van der Waals surface area contributed by atoms with E-state index in [1.807, 2.05) is 0 Å². The summed E-state index contributed by atoms with van der Waals surface area (Å²) in [5.41, 5.74) is 10.1. The zero-order valence-corrected chi connectivity index (χ0v) is 10.4. The van der Waals surface area contributed by atoms with Crippen molar-refractivity contribution in [3.05, 3.63) is 29.8 Å². The summed E-state index contributed by atoms with van der Waals surface area (Å²) in [6, 6.07) is 3.09. The smallest absolute Gasteiger partial charge is 0.237 e. The number of ether oxygens (including phenoxy) is 1. The zero-order valence-electron chi connectivity index (χ0n) is 10.4. The highest BCUT2D eigenvalue weighted by Gasteiger charge is 2.38. The molecule has 1 aromatic rings. The summed E-state index contributed by atoms with van der Waals surface area (Å²) in [4.78, 5) is 11.3. The third kappa shape index (κ3) is 3.01. The topological polar surface area (TPSA) is 78.3 Å². The van der Waals surface area contributed by atoms with E-state index in [1.54, 1.807) is 0 Å². The molecule has 0 bridgehead atoms. The number of halogens is 2. The second-order valence-electron chi connectivity index (χ2n) is 4.93. The first-order chi connectivity index (χ1) is 8.90. The second kappa shape index (κ2) is 5.13. The van der Waals surface area contributed by atoms with E-state index in [2.05, 4.69) is 0 Å². The molecule has 1 aliphatic carbocycles. The van der Waals surface area contributed by atoms with Gasteiger partial charge in [0.2, 0.25) is 5.91 Å². The Kier molecular flexibility index (Phi) is 3.71. The fourth-order valence-corrected chi connectivity index (χ4v) is 2.33. The van der Waals surface area contributed by atoms with E-state index in [-0.39, 0.29) is 12.2 Å². The number of primary amides is 1. The van der Waals surface area contributed by atoms with Gasteiger partial charge in [-0.1, -0.05) is 0 Å². The van der Waals surface area contributed by atoms with Crippen LogP contribution in [0.25, 0.3) is 0 Å². The quantitative estimate of drug-likeness (QED) is 0.873. The van der Waals surface area contributed by atoms with Crippen LogP contribution in [0.4, 0.5) is 8.78 Å². The molecule has 0 aliphatic heterocycles. The van der Waals surface area contributed by atoms with Gasteiger partial charge in [0.15, 0.2) is 11.6 Å². The van der Waals surface area contributed by atoms with Crippen molar-refractivity contribution in [2.45, 2.75) is 37.3 Å². The van der Waals surface area contributed by atoms with E-state index in [0.717, 1.165) is 12.1 Å². The minimum absolute atomic E-state index is 0.0416. The van der Waals surface area contributed by atoms with Crippen LogP contribution >= 0.6 is 0 Å². The van der Waals surface area contributed by atoms with E-state index in [9.17, 15) is 13.6 Å². The van der Waals surface area contributed by atoms with Crippen LogP contribution in [0.5, 0.6) is 5.75 Å². The normalized spacial score (nSPS) is 27.0. The van der Waals surface area contributed by atoms with Crippen molar-refractivity contribution in [3.63, 3.8) is 0 Å². The Bertz CT molecular complexity index is 496. The van der Waals surface area contributed by atoms with Gasteiger partial charge in [-0.25, -0.2) is 8.78 Å². The number of benzene rings is 1. The Morgan fingerprint density at radius 3 is 2.79 bits per heavy atom. The molecule has 2 rings (SSSR count). The Morgan fingerprint density at radius 2 is 2.16 bits per heavy atom. The summed E-state index contributed by atoms with van der Waals surface area (Å²) in [5, 5.41) is 0. The minimum atomic E-state index is -1.11. The van der Waals surface area contributed by atoms with Crippen molar-refractivity contribution in [2.24, 2.45) is 11.5 Å². The molecule has 1 aliphatic rings. The largest absolute Gasteiger partial charge is 0.487 e. The van der Waals surface area contributed by atoms with Crippen LogP contribution in [-0.4, -0.2) is 17.6 Å². The molecule has 2 unspecified atom stereocenters. The van der Waals surface area contributed by atoms with E-state index in [0.29, 0.717) is 19.3 Å². The molecule has 1 aromatic carbocycles. The van der Waals surface area contributed by atoms with Crippen molar-refractivity contribution in [3.8, 4) is 5.75 Å². The van der Waals surface area contributed by atoms with Gasteiger partial charge in [-0.2, -0.15) is 0 Å². The van der Waals surface area contributed by atoms with Gasteiger partial charge in [0.05, 0.1) is 5.54 Å². The molecule has 2 atom stereocenters. The molecule has 1 saturated carbocycles. The summed E-state index contributed by atoms with van der Waals surface area (Å²) < 4.78 is 31.7. The summed E-state index contributed by atoms with van der Waals surface area (Å²) in [6.45, 7) is 0. The van der Waals surface area contributed by atoms with Gasteiger partial charge in [-0.05, 0) is 31.4 Å². The standard InChI is InChI=1S/C13H16F2N2O2/c14-8-3-4-11(10(15)6-8)19-9-2-1-5-13(17,7-9)12(16)18/h3-4,6,9H,1-2,5,7,17H2,(H2,16,18). The number of carbonyl (C=O) groups excluding carboxylic acids is 1. The van der Waals surface area contributed by atoms with Crippen LogP contribution in [0.15, 0.2) is 18.2 Å². The minimum Gasteiger partial charge on any atom is -0.487 e. The summed E-state index contributed by atoms with van der Waals surface area (Å²) >= 11 is 0. The monoisotopic (exact) mass is 270 g/mol. The van der Waals surface area contributed by atoms with Gasteiger partial charge < -0.3 is 16.2 Å². The molecule has 0 spiro atoms. The molecular formula is C13H16F2N2O2. The molecule has 0 heterocycles. The number of nitrogens with two attached hydrogens (primary N) is 2. The Morgan fingerprint density at radius 1 is 1.42 bits per heavy atom. The van der Waals surface area contributed by atoms with Crippen LogP contribution in [0.3, 0.4) is 0 Å². The number of carbonyl (C=O) groups is 1. The van der Waals surface area contributed by atoms with Crippen molar-refractivity contribution in [1.82, 2.24) is 0 Å². The van der Waals surface area contributed by atoms with Crippen molar-refractivity contribution in [1.29, 1.82) is 0 Å². The first-order valence-corrected chi connectivity index (χ1v) is 6.11. The van der Waals surface area contributed by atoms with Gasteiger partial charge >= 0.3 is 0 Å². The van der Waals surface area contributed by atoms with Gasteiger partial charge in [-0.3, -0.25) is 4.79 Å². The second-order valence-corrected chi connectivity index (χ2v) is 4.93. The average Bonchev–Trinajstić information content (AvgIpc) is 2.33. The van der Waals surface area contributed by atoms with Crippen LogP contribution in [0, 0.1) is 11.6 Å². The Hall–Kier alpha value is -1.69. The van der Waals surface area contributed by atoms with Crippen LogP contribution < -0.4 is 16.2 Å². The fraction of sp³-hybridized carbons (Fsp3) is 0.462. The third-order valence-corrected chi connectivity index (χ3v) is 3.42. The molecule has 0 aromatic heterocycles. The average molecular weight is 270 g/mol. The first kappa shape index (κ1) is 13.7. The maximum Gasteiger partial charge on any atom is 0.237 e. The lowest BCUT2D eigenvalue weighted by atomic mass is 9.80. The van der Waals surface area contributed by atoms with E-state index >= 15 is 0 Å². The van der Waals surface area contributed by atoms with Crippen LogP contribution in [-0.2, 0) is 4.79 Å². The first-order valence-electron chi connectivity index (χ1n) is 6.11. The molecule has 4 N–H and O–H groups in total. The predicted molar refractivity (Wildman–Crippen MR) is 65.4 cm³/mol. The van der Waals surface area contributed by atoms with Gasteiger partial charge in [-0.15, -0.1) is 0 Å². The third-order valence-electron chi connectivity index (χ3n) is 3.42. The molecular weight excluding hydrogens is 254 g/mol. The lowest BCUT2D eigenvalue weighted by molar-refractivity contribution is -0.125. The summed E-state index contributed by atoms with van der Waals surface area (Å²) in [6.07, 6.45) is 1.66. The number of amides is 1. The highest BCUT2D eigenvalue weighted by molar-refractivity contribution is 5.84. The van der Waals surface area contributed by atoms with Crippen molar-refractivity contribution >= 4 is 5.91 Å². The number of rotatable bonds is 3. The fourth-order valence-electron chi connectivity index (χ4n) is 2.33. The van der Waals surface area contributed by atoms with E-state index < -0.39 is 29.2 Å². The predicted octanol–water partition coefficient (Wildman–Crippen LogP) is 1.47. The Labute approximate surface area is 109 Å². The number of hydrogen-bond acceptors (Lipinski definition) is 3. The molecule has 1 fully saturated rings. The molecule has 1 amide bonds. The number of hydrogen-bond donors (Lipinski definition) is 2.